The predicted octanol–water partition coefficient (Wildman–Crippen LogP) is 6.11. The standard InChI is InChI=1S/C13H13Br2Cl/c1-2-3-4-5-12(15)13(16)10-6-8-11(14)9-7-10/h2,6-9H,1,3-5H2/b13-12-. The van der Waals surface area contributed by atoms with E-state index in [2.05, 4.69) is 38.4 Å². The molecule has 0 nitrogen and oxygen atoms in total. The summed E-state index contributed by atoms with van der Waals surface area (Å²) in [5, 5.41) is 0.788. The zero-order valence-electron chi connectivity index (χ0n) is 8.85. The van der Waals surface area contributed by atoms with Crippen molar-refractivity contribution in [2.75, 3.05) is 0 Å². The Balaban J connectivity index is 2.73. The van der Waals surface area contributed by atoms with E-state index in [4.69, 9.17) is 11.6 Å². The lowest BCUT2D eigenvalue weighted by Gasteiger charge is -2.04. The van der Waals surface area contributed by atoms with Gasteiger partial charge in [-0.25, -0.2) is 0 Å². The third-order valence-electron chi connectivity index (χ3n) is 2.14. The van der Waals surface area contributed by atoms with Crippen LogP contribution in [0, 0.1) is 0 Å². The molecule has 0 heterocycles. The summed E-state index contributed by atoms with van der Waals surface area (Å²) in [6.45, 7) is 3.70. The fourth-order valence-electron chi connectivity index (χ4n) is 1.26. The van der Waals surface area contributed by atoms with Crippen LogP contribution in [-0.2, 0) is 0 Å². The molecule has 0 radical (unpaired) electrons. The van der Waals surface area contributed by atoms with Gasteiger partial charge in [0.1, 0.15) is 0 Å². The molecule has 0 spiro atoms. The van der Waals surface area contributed by atoms with E-state index in [0.717, 1.165) is 38.8 Å². The van der Waals surface area contributed by atoms with E-state index in [1.807, 2.05) is 30.3 Å². The van der Waals surface area contributed by atoms with Gasteiger partial charge in [-0.3, -0.25) is 0 Å². The van der Waals surface area contributed by atoms with Crippen LogP contribution in [0.5, 0.6) is 0 Å². The summed E-state index contributed by atoms with van der Waals surface area (Å²) in [5.41, 5.74) is 1.04. The molecule has 0 amide bonds. The number of hydrogen-bond acceptors (Lipinski definition) is 0. The Morgan fingerprint density at radius 1 is 1.31 bits per heavy atom. The Labute approximate surface area is 119 Å². The van der Waals surface area contributed by atoms with Gasteiger partial charge < -0.3 is 0 Å². The van der Waals surface area contributed by atoms with Crippen molar-refractivity contribution in [2.24, 2.45) is 0 Å². The highest BCUT2D eigenvalue weighted by Crippen LogP contribution is 2.30. The van der Waals surface area contributed by atoms with Crippen molar-refractivity contribution in [2.45, 2.75) is 19.3 Å². The van der Waals surface area contributed by atoms with Crippen LogP contribution in [0.25, 0.3) is 5.03 Å². The smallest absolute Gasteiger partial charge is 0.0579 e. The third-order valence-corrected chi connectivity index (χ3v) is 4.14. The molecule has 0 saturated heterocycles. The van der Waals surface area contributed by atoms with Gasteiger partial charge in [0, 0.05) is 8.96 Å². The number of halogens is 3. The van der Waals surface area contributed by atoms with Crippen molar-refractivity contribution < 1.29 is 0 Å². The van der Waals surface area contributed by atoms with Gasteiger partial charge >= 0.3 is 0 Å². The molecule has 0 atom stereocenters. The minimum absolute atomic E-state index is 0.788. The second kappa shape index (κ2) is 7.31. The average molecular weight is 365 g/mol. The van der Waals surface area contributed by atoms with Crippen molar-refractivity contribution in [3.8, 4) is 0 Å². The maximum atomic E-state index is 6.28. The van der Waals surface area contributed by atoms with Crippen LogP contribution < -0.4 is 0 Å². The van der Waals surface area contributed by atoms with Crippen LogP contribution in [-0.4, -0.2) is 0 Å². The van der Waals surface area contributed by atoms with E-state index in [0.29, 0.717) is 0 Å². The largest absolute Gasteiger partial charge is 0.103 e. The first-order valence-corrected chi connectivity index (χ1v) is 7.02. The zero-order chi connectivity index (χ0) is 12.0. The lowest BCUT2D eigenvalue weighted by Crippen LogP contribution is -1.82. The van der Waals surface area contributed by atoms with Gasteiger partial charge in [0.15, 0.2) is 0 Å². The Morgan fingerprint density at radius 3 is 2.50 bits per heavy atom. The first-order chi connectivity index (χ1) is 7.65. The van der Waals surface area contributed by atoms with Gasteiger partial charge in [-0.2, -0.15) is 0 Å². The third kappa shape index (κ3) is 4.44. The lowest BCUT2D eigenvalue weighted by molar-refractivity contribution is 0.866. The Hall–Kier alpha value is -0.0500. The molecule has 0 aliphatic rings. The minimum atomic E-state index is 0.788. The average Bonchev–Trinajstić information content (AvgIpc) is 2.29. The fraction of sp³-hybridized carbons (Fsp3) is 0.231. The Bertz CT molecular complexity index is 379. The van der Waals surface area contributed by atoms with Gasteiger partial charge in [0.05, 0.1) is 5.03 Å². The molecule has 0 unspecified atom stereocenters. The first-order valence-electron chi connectivity index (χ1n) is 5.06. The number of unbranched alkanes of at least 4 members (excludes halogenated alkanes) is 1. The monoisotopic (exact) mass is 362 g/mol. The molecule has 86 valence electrons. The normalized spacial score (nSPS) is 12.2. The van der Waals surface area contributed by atoms with Crippen LogP contribution in [0.15, 0.2) is 45.9 Å². The highest BCUT2D eigenvalue weighted by atomic mass is 79.9. The molecule has 3 heteroatoms. The van der Waals surface area contributed by atoms with Gasteiger partial charge in [0.2, 0.25) is 0 Å². The quantitative estimate of drug-likeness (QED) is 0.437. The summed E-state index contributed by atoms with van der Waals surface area (Å²) in [6, 6.07) is 7.98. The number of allylic oxidation sites excluding steroid dienone is 2. The molecule has 0 aliphatic carbocycles. The highest BCUT2D eigenvalue weighted by Gasteiger charge is 2.04. The van der Waals surface area contributed by atoms with Crippen molar-refractivity contribution >= 4 is 48.5 Å². The number of rotatable bonds is 5. The van der Waals surface area contributed by atoms with E-state index in [1.54, 1.807) is 0 Å². The highest BCUT2D eigenvalue weighted by molar-refractivity contribution is 9.11. The maximum absolute atomic E-state index is 6.28. The van der Waals surface area contributed by atoms with Gasteiger partial charge in [-0.1, -0.05) is 61.7 Å². The molecular weight excluding hydrogens is 351 g/mol. The number of hydrogen-bond donors (Lipinski definition) is 0. The summed E-state index contributed by atoms with van der Waals surface area (Å²) in [6.07, 6.45) is 4.95. The van der Waals surface area contributed by atoms with E-state index >= 15 is 0 Å². The zero-order valence-corrected chi connectivity index (χ0v) is 12.8. The van der Waals surface area contributed by atoms with Crippen LogP contribution in [0.4, 0.5) is 0 Å². The van der Waals surface area contributed by atoms with Crippen molar-refractivity contribution in [1.82, 2.24) is 0 Å². The Morgan fingerprint density at radius 2 is 1.94 bits per heavy atom. The summed E-state index contributed by atoms with van der Waals surface area (Å²) in [4.78, 5) is 0. The lowest BCUT2D eigenvalue weighted by atomic mass is 10.1. The molecule has 0 N–H and O–H groups in total. The molecule has 0 bridgehead atoms. The molecule has 0 saturated carbocycles. The van der Waals surface area contributed by atoms with Gasteiger partial charge in [-0.05, 0) is 37.0 Å². The van der Waals surface area contributed by atoms with E-state index in [-0.39, 0.29) is 0 Å². The summed E-state index contributed by atoms with van der Waals surface area (Å²) in [5.74, 6) is 0. The van der Waals surface area contributed by atoms with E-state index in [1.165, 1.54) is 0 Å². The summed E-state index contributed by atoms with van der Waals surface area (Å²) < 4.78 is 2.11. The minimum Gasteiger partial charge on any atom is -0.103 e. The second-order valence-electron chi connectivity index (χ2n) is 3.41. The molecule has 1 aromatic carbocycles. The van der Waals surface area contributed by atoms with Crippen LogP contribution in [0.3, 0.4) is 0 Å². The predicted molar refractivity (Wildman–Crippen MR) is 79.9 cm³/mol. The Kier molecular flexibility index (Phi) is 6.40. The second-order valence-corrected chi connectivity index (χ2v) is 5.66. The maximum Gasteiger partial charge on any atom is 0.0579 e. The van der Waals surface area contributed by atoms with Crippen LogP contribution in [0.1, 0.15) is 24.8 Å². The van der Waals surface area contributed by atoms with Crippen molar-refractivity contribution in [3.63, 3.8) is 0 Å². The summed E-state index contributed by atoms with van der Waals surface area (Å²) in [7, 11) is 0. The van der Waals surface area contributed by atoms with Gasteiger partial charge in [0.25, 0.3) is 0 Å². The van der Waals surface area contributed by atoms with Crippen LogP contribution in [0.2, 0.25) is 0 Å². The first kappa shape index (κ1) is 14.0. The number of benzene rings is 1. The van der Waals surface area contributed by atoms with Gasteiger partial charge in [-0.15, -0.1) is 6.58 Å². The molecular formula is C13H13Br2Cl. The molecule has 1 aromatic rings. The summed E-state index contributed by atoms with van der Waals surface area (Å²) >= 11 is 13.2. The van der Waals surface area contributed by atoms with E-state index < -0.39 is 0 Å². The molecule has 16 heavy (non-hydrogen) atoms. The topological polar surface area (TPSA) is 0 Å². The van der Waals surface area contributed by atoms with Crippen molar-refractivity contribution in [3.05, 3.63) is 51.4 Å². The molecule has 0 aliphatic heterocycles. The molecule has 0 aromatic heterocycles. The van der Waals surface area contributed by atoms with E-state index in [9.17, 15) is 0 Å². The van der Waals surface area contributed by atoms with Crippen LogP contribution >= 0.6 is 43.5 Å². The van der Waals surface area contributed by atoms with Crippen molar-refractivity contribution in [1.29, 1.82) is 0 Å². The molecule has 1 rings (SSSR count). The molecule has 0 fully saturated rings. The fourth-order valence-corrected chi connectivity index (χ4v) is 2.26. The SMILES string of the molecule is C=CCCC/C(Br)=C(/Cl)c1ccc(Br)cc1.